The Morgan fingerprint density at radius 2 is 1.63 bits per heavy atom. The summed E-state index contributed by atoms with van der Waals surface area (Å²) in [4.78, 5) is 0. The second kappa shape index (κ2) is 10.7. The average molecular weight is 267 g/mol. The first-order valence-corrected chi connectivity index (χ1v) is 9.27. The summed E-state index contributed by atoms with van der Waals surface area (Å²) in [5.41, 5.74) is 0. The lowest BCUT2D eigenvalue weighted by molar-refractivity contribution is 0.256. The van der Waals surface area contributed by atoms with Crippen LogP contribution in [0.3, 0.4) is 0 Å². The molecule has 0 heterocycles. The molecule has 0 aromatic rings. The smallest absolute Gasteiger partial charge is 0.0388 e. The maximum atomic E-state index is 2.52. The van der Waals surface area contributed by atoms with Gasteiger partial charge < -0.3 is 0 Å². The van der Waals surface area contributed by atoms with Crippen LogP contribution in [-0.4, -0.2) is 0 Å². The summed E-state index contributed by atoms with van der Waals surface area (Å²) in [7, 11) is 0. The molecule has 0 amide bonds. The van der Waals surface area contributed by atoms with Crippen LogP contribution in [0.15, 0.2) is 0 Å². The normalized spacial score (nSPS) is 26.7. The van der Waals surface area contributed by atoms with Crippen molar-refractivity contribution in [2.75, 3.05) is 0 Å². The Kier molecular flexibility index (Phi) is 9.65. The minimum atomic E-state index is 0.998. The lowest BCUT2D eigenvalue weighted by atomic mass is 9.79. The first-order valence-electron chi connectivity index (χ1n) is 9.27. The molecule has 1 aliphatic rings. The quantitative estimate of drug-likeness (QED) is 0.416. The van der Waals surface area contributed by atoms with Crippen molar-refractivity contribution in [1.82, 2.24) is 0 Å². The molecule has 0 spiro atoms. The minimum Gasteiger partial charge on any atom is -0.0654 e. The Hall–Kier alpha value is 0. The van der Waals surface area contributed by atoms with Gasteiger partial charge in [-0.05, 0) is 17.8 Å². The zero-order chi connectivity index (χ0) is 13.9. The van der Waals surface area contributed by atoms with E-state index in [1.165, 1.54) is 83.5 Å². The number of hydrogen-bond donors (Lipinski definition) is 0. The highest BCUT2D eigenvalue weighted by molar-refractivity contribution is 4.70. The van der Waals surface area contributed by atoms with Crippen molar-refractivity contribution in [3.63, 3.8) is 0 Å². The second-order valence-electron chi connectivity index (χ2n) is 7.08. The van der Waals surface area contributed by atoms with Crippen LogP contribution in [0.1, 0.15) is 104 Å². The van der Waals surface area contributed by atoms with Crippen LogP contribution in [0.25, 0.3) is 0 Å². The largest absolute Gasteiger partial charge is 0.0654 e. The van der Waals surface area contributed by atoms with Crippen molar-refractivity contribution in [2.45, 2.75) is 104 Å². The van der Waals surface area contributed by atoms with Gasteiger partial charge in [0.1, 0.15) is 0 Å². The Bertz CT molecular complexity index is 196. The molecule has 0 N–H and O–H groups in total. The Balaban J connectivity index is 2.15. The van der Waals surface area contributed by atoms with Gasteiger partial charge in [0, 0.05) is 0 Å². The van der Waals surface area contributed by atoms with Gasteiger partial charge in [0.15, 0.2) is 0 Å². The molecular weight excluding hydrogens is 228 g/mol. The van der Waals surface area contributed by atoms with Crippen molar-refractivity contribution in [2.24, 2.45) is 17.8 Å². The summed E-state index contributed by atoms with van der Waals surface area (Å²) in [5.74, 6) is 3.06. The molecule has 0 bridgehead atoms. The van der Waals surface area contributed by atoms with Crippen LogP contribution >= 0.6 is 0 Å². The number of unbranched alkanes of at least 4 members (excludes halogenated alkanes) is 1. The first-order chi connectivity index (χ1) is 9.27. The van der Waals surface area contributed by atoms with Gasteiger partial charge in [-0.15, -0.1) is 0 Å². The van der Waals surface area contributed by atoms with Gasteiger partial charge >= 0.3 is 0 Å². The first kappa shape index (κ1) is 17.1. The third-order valence-corrected chi connectivity index (χ3v) is 5.50. The average Bonchev–Trinajstić information content (AvgIpc) is 2.40. The summed E-state index contributed by atoms with van der Waals surface area (Å²) in [6, 6.07) is 0. The van der Waals surface area contributed by atoms with Crippen molar-refractivity contribution in [3.05, 3.63) is 0 Å². The highest BCUT2D eigenvalue weighted by Gasteiger charge is 2.18. The van der Waals surface area contributed by atoms with E-state index in [1.54, 1.807) is 0 Å². The van der Waals surface area contributed by atoms with E-state index in [4.69, 9.17) is 0 Å². The maximum Gasteiger partial charge on any atom is -0.0388 e. The third-order valence-electron chi connectivity index (χ3n) is 5.50. The van der Waals surface area contributed by atoms with Crippen LogP contribution in [0.4, 0.5) is 0 Å². The lowest BCUT2D eigenvalue weighted by Gasteiger charge is -2.26. The molecule has 0 aromatic carbocycles. The highest BCUT2D eigenvalue weighted by Crippen LogP contribution is 2.31. The molecule has 0 saturated heterocycles. The van der Waals surface area contributed by atoms with Gasteiger partial charge in [0.2, 0.25) is 0 Å². The molecule has 1 fully saturated rings. The van der Waals surface area contributed by atoms with E-state index >= 15 is 0 Å². The van der Waals surface area contributed by atoms with E-state index in [0.29, 0.717) is 0 Å². The standard InChI is InChI=1S/C19H38/c1-4-12-18(5-2)14-10-11-16-19-15-9-7-6-8-13-17(19)3/h17-19H,4-16H2,1-3H3. The third kappa shape index (κ3) is 7.37. The molecule has 0 aromatic heterocycles. The van der Waals surface area contributed by atoms with Crippen LogP contribution in [0, 0.1) is 17.8 Å². The molecule has 0 aliphatic heterocycles. The number of rotatable bonds is 8. The van der Waals surface area contributed by atoms with Crippen LogP contribution in [0.2, 0.25) is 0 Å². The molecule has 0 nitrogen and oxygen atoms in total. The molecule has 114 valence electrons. The minimum absolute atomic E-state index is 0.998. The van der Waals surface area contributed by atoms with Gasteiger partial charge in [-0.2, -0.15) is 0 Å². The topological polar surface area (TPSA) is 0 Å². The number of hydrogen-bond acceptors (Lipinski definition) is 0. The molecule has 3 unspecified atom stereocenters. The van der Waals surface area contributed by atoms with Gasteiger partial charge in [0.25, 0.3) is 0 Å². The molecule has 1 aliphatic carbocycles. The fourth-order valence-corrected chi connectivity index (χ4v) is 3.98. The predicted octanol–water partition coefficient (Wildman–Crippen LogP) is 6.98. The monoisotopic (exact) mass is 266 g/mol. The van der Waals surface area contributed by atoms with Gasteiger partial charge in [-0.1, -0.05) is 104 Å². The van der Waals surface area contributed by atoms with Crippen molar-refractivity contribution >= 4 is 0 Å². The van der Waals surface area contributed by atoms with Gasteiger partial charge in [0.05, 0.1) is 0 Å². The van der Waals surface area contributed by atoms with E-state index in [1.807, 2.05) is 0 Å². The molecule has 0 radical (unpaired) electrons. The fraction of sp³-hybridized carbons (Fsp3) is 1.00. The van der Waals surface area contributed by atoms with Gasteiger partial charge in [-0.3, -0.25) is 0 Å². The summed E-state index contributed by atoms with van der Waals surface area (Å²) in [6.45, 7) is 7.22. The molecule has 1 rings (SSSR count). The Labute approximate surface area is 122 Å². The zero-order valence-corrected chi connectivity index (χ0v) is 13.9. The second-order valence-corrected chi connectivity index (χ2v) is 7.08. The Morgan fingerprint density at radius 3 is 2.32 bits per heavy atom. The van der Waals surface area contributed by atoms with E-state index in [9.17, 15) is 0 Å². The highest BCUT2D eigenvalue weighted by atomic mass is 14.2. The van der Waals surface area contributed by atoms with E-state index in [-0.39, 0.29) is 0 Å². The molecular formula is C19H38. The molecule has 19 heavy (non-hydrogen) atoms. The zero-order valence-electron chi connectivity index (χ0n) is 13.9. The molecule has 1 saturated carbocycles. The summed E-state index contributed by atoms with van der Waals surface area (Å²) >= 11 is 0. The molecule has 3 atom stereocenters. The van der Waals surface area contributed by atoms with Gasteiger partial charge in [-0.25, -0.2) is 0 Å². The SMILES string of the molecule is CCCC(CC)CCCCC1CCCCCCC1C. The fourth-order valence-electron chi connectivity index (χ4n) is 3.98. The maximum absolute atomic E-state index is 2.52. The van der Waals surface area contributed by atoms with Crippen LogP contribution in [0.5, 0.6) is 0 Å². The predicted molar refractivity (Wildman–Crippen MR) is 87.5 cm³/mol. The van der Waals surface area contributed by atoms with Crippen molar-refractivity contribution in [3.8, 4) is 0 Å². The Morgan fingerprint density at radius 1 is 0.895 bits per heavy atom. The van der Waals surface area contributed by atoms with Crippen molar-refractivity contribution in [1.29, 1.82) is 0 Å². The lowest BCUT2D eigenvalue weighted by Crippen LogP contribution is -2.14. The van der Waals surface area contributed by atoms with Crippen LogP contribution in [-0.2, 0) is 0 Å². The summed E-state index contributed by atoms with van der Waals surface area (Å²) < 4.78 is 0. The van der Waals surface area contributed by atoms with E-state index < -0.39 is 0 Å². The molecule has 0 heteroatoms. The van der Waals surface area contributed by atoms with Crippen molar-refractivity contribution < 1.29 is 0 Å². The summed E-state index contributed by atoms with van der Waals surface area (Å²) in [5, 5.41) is 0. The summed E-state index contributed by atoms with van der Waals surface area (Å²) in [6.07, 6.45) is 19.2. The van der Waals surface area contributed by atoms with E-state index in [2.05, 4.69) is 20.8 Å². The van der Waals surface area contributed by atoms with E-state index in [0.717, 1.165) is 17.8 Å². The van der Waals surface area contributed by atoms with Crippen LogP contribution < -0.4 is 0 Å².